The van der Waals surface area contributed by atoms with Crippen molar-refractivity contribution in [2.24, 2.45) is 11.3 Å². The van der Waals surface area contributed by atoms with Crippen molar-refractivity contribution in [3.8, 4) is 16.5 Å². The average Bonchev–Trinajstić information content (AvgIpc) is 3.48. The Hall–Kier alpha value is -3.12. The maximum absolute atomic E-state index is 13.7. The van der Waals surface area contributed by atoms with Gasteiger partial charge in [-0.15, -0.1) is 26.6 Å². The number of thiophene rings is 1. The lowest BCUT2D eigenvalue weighted by Crippen LogP contribution is -2.43. The van der Waals surface area contributed by atoms with Crippen molar-refractivity contribution in [2.75, 3.05) is 57.1 Å². The molecule has 1 aliphatic carbocycles. The van der Waals surface area contributed by atoms with Crippen LogP contribution in [0.2, 0.25) is 0 Å². The van der Waals surface area contributed by atoms with Gasteiger partial charge < -0.3 is 19.9 Å². The molecule has 212 valence electrons. The van der Waals surface area contributed by atoms with Crippen LogP contribution in [0, 0.1) is 11.3 Å². The fourth-order valence-corrected chi connectivity index (χ4v) is 7.45. The number of nitrogens with one attached hydrogen (secondary N) is 1. The van der Waals surface area contributed by atoms with Gasteiger partial charge in [0, 0.05) is 35.6 Å². The number of hydrogen-bond acceptors (Lipinski definition) is 8. The Balaban J connectivity index is 1.33. The molecular formula is C28H32F3N7OS. The average molecular weight is 572 g/mol. The lowest BCUT2D eigenvalue weighted by atomic mass is 9.69. The van der Waals surface area contributed by atoms with Gasteiger partial charge in [-0.2, -0.15) is 17.7 Å². The van der Waals surface area contributed by atoms with Crippen LogP contribution in [0.3, 0.4) is 0 Å². The molecule has 0 bridgehead atoms. The third kappa shape index (κ3) is 4.36. The SMILES string of the molecule is CN1CCC(CNc2nn3c(-c4cc5c(C(F)(F)F)cccc5s4)nnc3c3c2N(C)CC2(CCC2)CO3)CC1. The van der Waals surface area contributed by atoms with Gasteiger partial charge in [-0.1, -0.05) is 12.5 Å². The number of likely N-dealkylation sites (tertiary alicyclic amines) is 1. The molecule has 8 nitrogen and oxygen atoms in total. The summed E-state index contributed by atoms with van der Waals surface area (Å²) in [6, 6.07) is 5.81. The van der Waals surface area contributed by atoms with Crippen molar-refractivity contribution in [3.63, 3.8) is 0 Å². The number of rotatable bonds is 4. The van der Waals surface area contributed by atoms with E-state index in [0.29, 0.717) is 45.1 Å². The molecule has 4 aromatic rings. The third-order valence-electron chi connectivity index (χ3n) is 8.86. The Morgan fingerprint density at radius 2 is 1.95 bits per heavy atom. The first-order valence-electron chi connectivity index (χ1n) is 13.9. The molecule has 1 saturated heterocycles. The highest BCUT2D eigenvalue weighted by Crippen LogP contribution is 2.49. The van der Waals surface area contributed by atoms with Crippen molar-refractivity contribution >= 4 is 38.6 Å². The molecule has 40 heavy (non-hydrogen) atoms. The summed E-state index contributed by atoms with van der Waals surface area (Å²) in [5.74, 6) is 2.26. The molecule has 1 spiro atoms. The number of alkyl halides is 3. The van der Waals surface area contributed by atoms with E-state index in [9.17, 15) is 13.2 Å². The summed E-state index contributed by atoms with van der Waals surface area (Å²) in [5.41, 5.74) is 0.808. The van der Waals surface area contributed by atoms with Crippen LogP contribution in [-0.2, 0) is 6.18 Å². The first kappa shape index (κ1) is 25.8. The molecule has 1 aromatic carbocycles. The molecule has 0 radical (unpaired) electrons. The molecule has 2 fully saturated rings. The fraction of sp³-hybridized carbons (Fsp3) is 0.536. The van der Waals surface area contributed by atoms with Gasteiger partial charge in [-0.05, 0) is 69.9 Å². The summed E-state index contributed by atoms with van der Waals surface area (Å²) < 4.78 is 49.9. The molecule has 1 N–H and O–H groups in total. The van der Waals surface area contributed by atoms with Crippen molar-refractivity contribution in [1.29, 1.82) is 0 Å². The van der Waals surface area contributed by atoms with Crippen LogP contribution in [0.1, 0.15) is 37.7 Å². The zero-order valence-corrected chi connectivity index (χ0v) is 23.4. The van der Waals surface area contributed by atoms with Crippen molar-refractivity contribution in [1.82, 2.24) is 24.7 Å². The summed E-state index contributed by atoms with van der Waals surface area (Å²) in [5, 5.41) is 17.7. The van der Waals surface area contributed by atoms with Crippen molar-refractivity contribution in [3.05, 3.63) is 29.8 Å². The summed E-state index contributed by atoms with van der Waals surface area (Å²) in [6.07, 6.45) is 1.23. The van der Waals surface area contributed by atoms with Crippen LogP contribution in [0.15, 0.2) is 24.3 Å². The Morgan fingerprint density at radius 3 is 2.67 bits per heavy atom. The van der Waals surface area contributed by atoms with E-state index in [2.05, 4.69) is 39.4 Å². The molecule has 7 rings (SSSR count). The van der Waals surface area contributed by atoms with E-state index in [-0.39, 0.29) is 10.8 Å². The number of piperidine rings is 1. The number of ether oxygens (including phenoxy) is 1. The quantitative estimate of drug-likeness (QED) is 0.333. The summed E-state index contributed by atoms with van der Waals surface area (Å²) in [7, 11) is 4.23. The van der Waals surface area contributed by atoms with E-state index in [4.69, 9.17) is 9.84 Å². The Morgan fingerprint density at radius 1 is 1.15 bits per heavy atom. The largest absolute Gasteiger partial charge is 0.487 e. The Bertz CT molecular complexity index is 1570. The third-order valence-corrected chi connectivity index (χ3v) is 9.95. The second-order valence-corrected chi connectivity index (χ2v) is 12.8. The highest BCUT2D eigenvalue weighted by molar-refractivity contribution is 7.22. The normalized spacial score (nSPS) is 20.0. The lowest BCUT2D eigenvalue weighted by molar-refractivity contribution is -0.136. The number of hydrogen-bond donors (Lipinski definition) is 1. The van der Waals surface area contributed by atoms with Crippen LogP contribution in [-0.4, -0.2) is 71.6 Å². The molecule has 0 atom stereocenters. The Labute approximate surface area is 234 Å². The monoisotopic (exact) mass is 571 g/mol. The topological polar surface area (TPSA) is 70.8 Å². The van der Waals surface area contributed by atoms with Gasteiger partial charge in [0.1, 0.15) is 5.69 Å². The second kappa shape index (κ2) is 9.47. The van der Waals surface area contributed by atoms with Crippen molar-refractivity contribution < 1.29 is 17.9 Å². The van der Waals surface area contributed by atoms with E-state index in [1.807, 2.05) is 0 Å². The predicted octanol–water partition coefficient (Wildman–Crippen LogP) is 5.78. The minimum atomic E-state index is -4.44. The van der Waals surface area contributed by atoms with E-state index < -0.39 is 11.7 Å². The molecule has 2 aliphatic heterocycles. The lowest BCUT2D eigenvalue weighted by Gasteiger charge is -2.42. The zero-order valence-electron chi connectivity index (χ0n) is 22.6. The highest BCUT2D eigenvalue weighted by Gasteiger charge is 2.43. The van der Waals surface area contributed by atoms with E-state index in [1.165, 1.54) is 23.8 Å². The number of benzene rings is 1. The van der Waals surface area contributed by atoms with Crippen LogP contribution in [0.4, 0.5) is 24.7 Å². The van der Waals surface area contributed by atoms with Crippen LogP contribution >= 0.6 is 11.3 Å². The maximum Gasteiger partial charge on any atom is 0.417 e. The van der Waals surface area contributed by atoms with Gasteiger partial charge in [0.25, 0.3) is 0 Å². The molecule has 12 heteroatoms. The van der Waals surface area contributed by atoms with Crippen LogP contribution in [0.25, 0.3) is 26.4 Å². The molecule has 0 unspecified atom stereocenters. The summed E-state index contributed by atoms with van der Waals surface area (Å²) >= 11 is 1.26. The molecule has 5 heterocycles. The first-order chi connectivity index (χ1) is 19.2. The van der Waals surface area contributed by atoms with Gasteiger partial charge in [0.15, 0.2) is 17.4 Å². The summed E-state index contributed by atoms with van der Waals surface area (Å²) in [6.45, 7) is 4.40. The first-order valence-corrected chi connectivity index (χ1v) is 14.7. The van der Waals surface area contributed by atoms with E-state index in [0.717, 1.165) is 63.6 Å². The van der Waals surface area contributed by atoms with Gasteiger partial charge in [0.2, 0.25) is 5.65 Å². The predicted molar refractivity (Wildman–Crippen MR) is 150 cm³/mol. The summed E-state index contributed by atoms with van der Waals surface area (Å²) in [4.78, 5) is 5.16. The molecular weight excluding hydrogens is 539 g/mol. The fourth-order valence-electron chi connectivity index (χ4n) is 6.39. The zero-order chi connectivity index (χ0) is 27.6. The number of aromatic nitrogens is 4. The number of halogens is 3. The molecule has 0 amide bonds. The van der Waals surface area contributed by atoms with E-state index >= 15 is 0 Å². The van der Waals surface area contributed by atoms with Gasteiger partial charge >= 0.3 is 6.18 Å². The minimum absolute atomic E-state index is 0.109. The second-order valence-electron chi connectivity index (χ2n) is 11.7. The van der Waals surface area contributed by atoms with Gasteiger partial charge in [0.05, 0.1) is 17.0 Å². The molecule has 3 aliphatic rings. The number of anilines is 2. The van der Waals surface area contributed by atoms with E-state index in [1.54, 1.807) is 16.6 Å². The standard InChI is InChI=1S/C28H32F3N7OS/c1-36-11-7-17(8-12-36)14-32-24-22-23(39-16-27(9-4-10-27)15-37(22)2)26-34-33-25(38(26)35-24)21-13-18-19(28(29,30)31)5-3-6-20(18)40-21/h3,5-6,13,17H,4,7-12,14-16H2,1-2H3,(H,32,35). The number of nitrogens with zero attached hydrogens (tertiary/aromatic N) is 6. The highest BCUT2D eigenvalue weighted by atomic mass is 32.1. The van der Waals surface area contributed by atoms with Crippen LogP contribution in [0.5, 0.6) is 5.75 Å². The van der Waals surface area contributed by atoms with Crippen molar-refractivity contribution in [2.45, 2.75) is 38.3 Å². The molecule has 1 saturated carbocycles. The minimum Gasteiger partial charge on any atom is -0.487 e. The number of fused-ring (bicyclic) bond motifs is 4. The van der Waals surface area contributed by atoms with Gasteiger partial charge in [-0.25, -0.2) is 0 Å². The molecule has 3 aromatic heterocycles. The van der Waals surface area contributed by atoms with Crippen LogP contribution < -0.4 is 15.0 Å². The smallest absolute Gasteiger partial charge is 0.417 e. The van der Waals surface area contributed by atoms with Gasteiger partial charge in [-0.3, -0.25) is 0 Å². The Kier molecular flexibility index (Phi) is 6.12. The maximum atomic E-state index is 13.7.